The van der Waals surface area contributed by atoms with Crippen LogP contribution < -0.4 is 15.8 Å². The van der Waals surface area contributed by atoms with Gasteiger partial charge in [-0.15, -0.1) is 6.58 Å². The van der Waals surface area contributed by atoms with Gasteiger partial charge in [-0.05, 0) is 82.4 Å². The molecule has 0 radical (unpaired) electrons. The fraction of sp³-hybridized carbons (Fsp3) is 0.273. The number of aromatic nitrogens is 5. The second kappa shape index (κ2) is 11.1. The summed E-state index contributed by atoms with van der Waals surface area (Å²) in [5.41, 5.74) is 3.97. The molecule has 6 rings (SSSR count). The Balaban J connectivity index is 1.33. The lowest BCUT2D eigenvalue weighted by molar-refractivity contribution is 0.0738. The minimum atomic E-state index is -1.15. The number of fused-ring (bicyclic) bond motifs is 2. The molecule has 0 saturated carbocycles. The number of hydrogen-bond acceptors (Lipinski definition) is 8. The molecule has 1 atom stereocenters. The molecule has 0 aliphatic carbocycles. The SMILES string of the molecule is C=CCn1c(=O)c2cnc(Nc3ccc(N4CCC(N(C)C)c5ccccc54)cc3)nc2n1-c1cccc(C(C)(C)O)n1. The van der Waals surface area contributed by atoms with Crippen molar-refractivity contribution in [3.05, 3.63) is 107 Å². The van der Waals surface area contributed by atoms with Crippen LogP contribution in [0.25, 0.3) is 16.9 Å². The number of nitrogens with one attached hydrogen (secondary N) is 1. The van der Waals surface area contributed by atoms with Crippen molar-refractivity contribution in [1.82, 2.24) is 29.2 Å². The van der Waals surface area contributed by atoms with Crippen LogP contribution in [0, 0.1) is 0 Å². The van der Waals surface area contributed by atoms with Gasteiger partial charge in [0.2, 0.25) is 5.95 Å². The molecule has 0 bridgehead atoms. The molecule has 43 heavy (non-hydrogen) atoms. The molecule has 220 valence electrons. The quantitative estimate of drug-likeness (QED) is 0.241. The maximum atomic E-state index is 13.3. The van der Waals surface area contributed by atoms with Crippen LogP contribution in [0.2, 0.25) is 0 Å². The van der Waals surface area contributed by atoms with Crippen molar-refractivity contribution in [3.8, 4) is 5.82 Å². The summed E-state index contributed by atoms with van der Waals surface area (Å²) in [6.45, 7) is 8.33. The van der Waals surface area contributed by atoms with Crippen LogP contribution in [0.1, 0.15) is 37.6 Å². The van der Waals surface area contributed by atoms with Gasteiger partial charge in [0, 0.05) is 35.8 Å². The third-order valence-electron chi connectivity index (χ3n) is 7.83. The first-order valence-corrected chi connectivity index (χ1v) is 14.4. The largest absolute Gasteiger partial charge is 0.384 e. The van der Waals surface area contributed by atoms with E-state index in [1.807, 2.05) is 12.1 Å². The molecule has 3 aromatic heterocycles. The number of nitrogens with zero attached hydrogens (tertiary/aromatic N) is 7. The highest BCUT2D eigenvalue weighted by Crippen LogP contribution is 2.40. The molecule has 0 saturated heterocycles. The van der Waals surface area contributed by atoms with Crippen LogP contribution in [0.15, 0.2) is 90.4 Å². The molecule has 5 aromatic rings. The van der Waals surface area contributed by atoms with E-state index in [1.54, 1.807) is 42.8 Å². The van der Waals surface area contributed by atoms with Crippen molar-refractivity contribution in [1.29, 1.82) is 0 Å². The lowest BCUT2D eigenvalue weighted by atomic mass is 9.95. The molecule has 0 fully saturated rings. The average molecular weight is 577 g/mol. The molecule has 10 heteroatoms. The van der Waals surface area contributed by atoms with Crippen LogP contribution >= 0.6 is 0 Å². The van der Waals surface area contributed by atoms with Gasteiger partial charge in [-0.1, -0.05) is 30.3 Å². The Morgan fingerprint density at radius 3 is 2.56 bits per heavy atom. The van der Waals surface area contributed by atoms with Crippen molar-refractivity contribution in [2.75, 3.05) is 30.9 Å². The van der Waals surface area contributed by atoms with E-state index >= 15 is 0 Å². The molecule has 1 unspecified atom stereocenters. The summed E-state index contributed by atoms with van der Waals surface area (Å²) < 4.78 is 3.16. The molecule has 10 nitrogen and oxygen atoms in total. The van der Waals surface area contributed by atoms with E-state index in [-0.39, 0.29) is 12.1 Å². The summed E-state index contributed by atoms with van der Waals surface area (Å²) in [7, 11) is 4.27. The smallest absolute Gasteiger partial charge is 0.278 e. The Labute approximate surface area is 250 Å². The summed E-state index contributed by atoms with van der Waals surface area (Å²) >= 11 is 0. The molecule has 1 aliphatic heterocycles. The summed E-state index contributed by atoms with van der Waals surface area (Å²) in [6, 6.07) is 22.5. The number of anilines is 4. The normalized spacial score (nSPS) is 15.1. The summed E-state index contributed by atoms with van der Waals surface area (Å²) in [6.07, 6.45) is 4.22. The highest BCUT2D eigenvalue weighted by atomic mass is 16.3. The Morgan fingerprint density at radius 1 is 1.07 bits per heavy atom. The van der Waals surface area contributed by atoms with E-state index < -0.39 is 5.60 Å². The van der Waals surface area contributed by atoms with Gasteiger partial charge < -0.3 is 20.2 Å². The number of hydrogen-bond donors (Lipinski definition) is 2. The van der Waals surface area contributed by atoms with Crippen LogP contribution in [-0.2, 0) is 12.1 Å². The standard InChI is InChI=1S/C33H36N8O2/c1-6-19-40-31(42)25-21-34-32(37-30(25)41(40)29-13-9-12-28(36-29)33(2,3)43)35-22-14-16-23(17-15-22)39-20-18-26(38(4)5)24-10-7-8-11-27(24)39/h6-17,21,26,43H,1,18-20H2,2-5H3,(H,34,35,37). The fourth-order valence-corrected chi connectivity index (χ4v) is 5.69. The van der Waals surface area contributed by atoms with E-state index in [4.69, 9.17) is 4.98 Å². The number of allylic oxidation sites excluding steroid dienone is 1. The van der Waals surface area contributed by atoms with Gasteiger partial charge in [0.25, 0.3) is 5.56 Å². The van der Waals surface area contributed by atoms with Gasteiger partial charge >= 0.3 is 0 Å². The summed E-state index contributed by atoms with van der Waals surface area (Å²) in [5, 5.41) is 14.2. The molecule has 1 aliphatic rings. The van der Waals surface area contributed by atoms with Crippen molar-refractivity contribution in [2.45, 2.75) is 38.5 Å². The topological polar surface area (TPSA) is 104 Å². The Hall–Kier alpha value is -4.80. The summed E-state index contributed by atoms with van der Waals surface area (Å²) in [4.78, 5) is 31.8. The molecular weight excluding hydrogens is 540 g/mol. The zero-order valence-corrected chi connectivity index (χ0v) is 24.9. The minimum absolute atomic E-state index is 0.250. The lowest BCUT2D eigenvalue weighted by Gasteiger charge is -2.38. The van der Waals surface area contributed by atoms with Crippen LogP contribution in [0.3, 0.4) is 0 Å². The maximum Gasteiger partial charge on any atom is 0.278 e. The molecule has 0 amide bonds. The predicted octanol–water partition coefficient (Wildman–Crippen LogP) is 5.28. The van der Waals surface area contributed by atoms with Crippen LogP contribution in [0.5, 0.6) is 0 Å². The van der Waals surface area contributed by atoms with Crippen LogP contribution in [0.4, 0.5) is 23.0 Å². The first-order valence-electron chi connectivity index (χ1n) is 14.4. The number of para-hydroxylation sites is 1. The summed E-state index contributed by atoms with van der Waals surface area (Å²) in [5.74, 6) is 0.807. The van der Waals surface area contributed by atoms with Gasteiger partial charge in [0.15, 0.2) is 11.5 Å². The minimum Gasteiger partial charge on any atom is -0.384 e. The molecule has 4 heterocycles. The van der Waals surface area contributed by atoms with Crippen molar-refractivity contribution in [2.24, 2.45) is 0 Å². The predicted molar refractivity (Wildman–Crippen MR) is 171 cm³/mol. The van der Waals surface area contributed by atoms with Gasteiger partial charge in [-0.25, -0.2) is 19.3 Å². The zero-order valence-electron chi connectivity index (χ0n) is 24.9. The second-order valence-electron chi connectivity index (χ2n) is 11.5. The zero-order chi connectivity index (χ0) is 30.3. The number of pyridine rings is 1. The molecule has 2 N–H and O–H groups in total. The Kier molecular flexibility index (Phi) is 7.33. The Morgan fingerprint density at radius 2 is 1.84 bits per heavy atom. The first-order chi connectivity index (χ1) is 20.7. The number of benzene rings is 2. The van der Waals surface area contributed by atoms with E-state index in [0.717, 1.165) is 24.3 Å². The first kappa shape index (κ1) is 28.3. The van der Waals surface area contributed by atoms with E-state index in [9.17, 15) is 9.90 Å². The van der Waals surface area contributed by atoms with Gasteiger partial charge in [0.1, 0.15) is 11.0 Å². The number of aliphatic hydroxyl groups is 1. The molecule has 2 aromatic carbocycles. The van der Waals surface area contributed by atoms with Crippen molar-refractivity contribution < 1.29 is 5.11 Å². The third kappa shape index (κ3) is 5.31. The Bertz CT molecular complexity index is 1850. The third-order valence-corrected chi connectivity index (χ3v) is 7.83. The fourth-order valence-electron chi connectivity index (χ4n) is 5.69. The second-order valence-corrected chi connectivity index (χ2v) is 11.5. The average Bonchev–Trinajstić information content (AvgIpc) is 3.27. The van der Waals surface area contributed by atoms with E-state index in [0.29, 0.717) is 34.5 Å². The highest BCUT2D eigenvalue weighted by Gasteiger charge is 2.27. The molecular formula is C33H36N8O2. The van der Waals surface area contributed by atoms with E-state index in [1.165, 1.54) is 22.1 Å². The highest BCUT2D eigenvalue weighted by molar-refractivity contribution is 5.77. The molecule has 0 spiro atoms. The van der Waals surface area contributed by atoms with Crippen molar-refractivity contribution >= 4 is 34.0 Å². The monoisotopic (exact) mass is 576 g/mol. The maximum absolute atomic E-state index is 13.3. The van der Waals surface area contributed by atoms with Crippen LogP contribution in [-0.4, -0.2) is 55.0 Å². The van der Waals surface area contributed by atoms with E-state index in [2.05, 4.69) is 82.2 Å². The van der Waals surface area contributed by atoms with Gasteiger partial charge in [-0.2, -0.15) is 4.98 Å². The number of rotatable bonds is 8. The van der Waals surface area contributed by atoms with Crippen molar-refractivity contribution in [3.63, 3.8) is 0 Å². The lowest BCUT2D eigenvalue weighted by Crippen LogP contribution is -2.32. The van der Waals surface area contributed by atoms with Gasteiger partial charge in [-0.3, -0.25) is 4.79 Å². The van der Waals surface area contributed by atoms with Gasteiger partial charge in [0.05, 0.1) is 12.2 Å².